The van der Waals surface area contributed by atoms with Gasteiger partial charge in [0.25, 0.3) is 0 Å². The van der Waals surface area contributed by atoms with E-state index in [0.717, 1.165) is 19.3 Å². The van der Waals surface area contributed by atoms with E-state index in [9.17, 15) is 4.79 Å². The molecule has 4 heteroatoms. The molecule has 0 aliphatic carbocycles. The summed E-state index contributed by atoms with van der Waals surface area (Å²) in [5, 5.41) is 0. The highest BCUT2D eigenvalue weighted by atomic mass is 35.6. The van der Waals surface area contributed by atoms with Crippen LogP contribution in [0.1, 0.15) is 96.8 Å². The third kappa shape index (κ3) is 16.9. The lowest BCUT2D eigenvalue weighted by Crippen LogP contribution is -2.18. The van der Waals surface area contributed by atoms with E-state index >= 15 is 0 Å². The number of alkyl halides is 3. The molecule has 0 aromatic heterocycles. The summed E-state index contributed by atoms with van der Waals surface area (Å²) in [6.07, 6.45) is 21.1. The fourth-order valence-corrected chi connectivity index (χ4v) is 2.78. The molecule has 1 nitrogen and oxygen atoms in total. The largest absolute Gasteiger partial charge is 0.295 e. The van der Waals surface area contributed by atoms with Crippen LogP contribution in [0.15, 0.2) is 12.2 Å². The van der Waals surface area contributed by atoms with Crippen molar-refractivity contribution in [3.05, 3.63) is 12.2 Å². The molecule has 0 N–H and O–H groups in total. The third-order valence-electron chi connectivity index (χ3n) is 3.98. The first kappa shape index (κ1) is 23.3. The van der Waals surface area contributed by atoms with Gasteiger partial charge in [-0.25, -0.2) is 0 Å². The maximum Gasteiger partial charge on any atom is 0.248 e. The van der Waals surface area contributed by atoms with E-state index in [1.807, 2.05) is 0 Å². The van der Waals surface area contributed by atoms with Gasteiger partial charge in [-0.15, -0.1) is 0 Å². The second-order valence-corrected chi connectivity index (χ2v) is 8.54. The molecule has 0 amide bonds. The van der Waals surface area contributed by atoms with Crippen molar-refractivity contribution < 1.29 is 4.79 Å². The monoisotopic (exact) mass is 382 g/mol. The highest BCUT2D eigenvalue weighted by Gasteiger charge is 2.29. The second kappa shape index (κ2) is 15.8. The van der Waals surface area contributed by atoms with Gasteiger partial charge in [-0.1, -0.05) is 105 Å². The lowest BCUT2D eigenvalue weighted by Gasteiger charge is -2.08. The molecule has 0 aromatic carbocycles. The van der Waals surface area contributed by atoms with Crippen molar-refractivity contribution in [2.24, 2.45) is 0 Å². The van der Waals surface area contributed by atoms with Crippen molar-refractivity contribution >= 4 is 40.6 Å². The molecule has 0 unspecified atom stereocenters. The van der Waals surface area contributed by atoms with Crippen LogP contribution in [0.5, 0.6) is 0 Å². The Labute approximate surface area is 158 Å². The fraction of sp³-hybridized carbons (Fsp3) is 0.842. The average molecular weight is 384 g/mol. The SMILES string of the molecule is CCCCCCCC/C=C\CCCCCCCC(=O)C(Cl)(Cl)Cl. The van der Waals surface area contributed by atoms with Crippen molar-refractivity contribution in [2.75, 3.05) is 0 Å². The van der Waals surface area contributed by atoms with Crippen molar-refractivity contribution in [1.29, 1.82) is 0 Å². The van der Waals surface area contributed by atoms with Gasteiger partial charge in [-0.3, -0.25) is 4.79 Å². The Morgan fingerprint density at radius 2 is 1.17 bits per heavy atom. The average Bonchev–Trinajstić information content (AvgIpc) is 2.50. The van der Waals surface area contributed by atoms with E-state index in [-0.39, 0.29) is 5.78 Å². The van der Waals surface area contributed by atoms with E-state index in [0.29, 0.717) is 6.42 Å². The number of ketones is 1. The Morgan fingerprint density at radius 1 is 0.739 bits per heavy atom. The minimum atomic E-state index is -1.74. The Hall–Kier alpha value is 0.280. The Kier molecular flexibility index (Phi) is 16.0. The summed E-state index contributed by atoms with van der Waals surface area (Å²) in [6.45, 7) is 2.26. The number of Topliss-reactive ketones (excluding diaryl/α,β-unsaturated/α-hetero) is 1. The molecule has 0 radical (unpaired) electrons. The molecule has 0 saturated carbocycles. The van der Waals surface area contributed by atoms with Gasteiger partial charge >= 0.3 is 0 Å². The number of hydrogen-bond donors (Lipinski definition) is 0. The predicted octanol–water partition coefficient (Wildman–Crippen LogP) is 7.96. The molecule has 0 atom stereocenters. The summed E-state index contributed by atoms with van der Waals surface area (Å²) in [5.41, 5.74) is 0. The maximum atomic E-state index is 11.4. The van der Waals surface area contributed by atoms with Gasteiger partial charge in [0.05, 0.1) is 0 Å². The normalized spacial score (nSPS) is 12.2. The van der Waals surface area contributed by atoms with E-state index in [4.69, 9.17) is 34.8 Å². The minimum absolute atomic E-state index is 0.292. The van der Waals surface area contributed by atoms with Crippen LogP contribution in [0.4, 0.5) is 0 Å². The molecule has 23 heavy (non-hydrogen) atoms. The van der Waals surface area contributed by atoms with E-state index in [1.165, 1.54) is 64.2 Å². The number of unbranched alkanes of at least 4 members (excludes halogenated alkanes) is 11. The number of halogens is 3. The fourth-order valence-electron chi connectivity index (χ4n) is 2.50. The molecule has 136 valence electrons. The van der Waals surface area contributed by atoms with Gasteiger partial charge in [-0.2, -0.15) is 0 Å². The van der Waals surface area contributed by atoms with Crippen LogP contribution in [0, 0.1) is 0 Å². The second-order valence-electron chi connectivity index (χ2n) is 6.26. The van der Waals surface area contributed by atoms with E-state index < -0.39 is 3.79 Å². The lowest BCUT2D eigenvalue weighted by atomic mass is 10.1. The first-order valence-electron chi connectivity index (χ1n) is 9.23. The van der Waals surface area contributed by atoms with Gasteiger partial charge in [0, 0.05) is 6.42 Å². The summed E-state index contributed by atoms with van der Waals surface area (Å²) in [6, 6.07) is 0. The molecule has 0 aliphatic rings. The van der Waals surface area contributed by atoms with Gasteiger partial charge < -0.3 is 0 Å². The van der Waals surface area contributed by atoms with Crippen LogP contribution >= 0.6 is 34.8 Å². The Morgan fingerprint density at radius 3 is 1.65 bits per heavy atom. The molecule has 0 rings (SSSR count). The van der Waals surface area contributed by atoms with Crippen LogP contribution in [0.2, 0.25) is 0 Å². The van der Waals surface area contributed by atoms with Crippen molar-refractivity contribution in [3.8, 4) is 0 Å². The third-order valence-corrected chi connectivity index (χ3v) is 4.61. The number of carbonyl (C=O) groups is 1. The first-order valence-corrected chi connectivity index (χ1v) is 10.4. The predicted molar refractivity (Wildman–Crippen MR) is 105 cm³/mol. The zero-order valence-electron chi connectivity index (χ0n) is 14.6. The molecular weight excluding hydrogens is 351 g/mol. The standard InChI is InChI=1S/C19H33Cl3O/c1-2-3-4-5-6-7-8-9-10-11-12-13-14-15-16-17-18(23)19(20,21)22/h9-10H,2-8,11-17H2,1H3/b10-9-. The van der Waals surface area contributed by atoms with Gasteiger partial charge in [0.1, 0.15) is 0 Å². The van der Waals surface area contributed by atoms with Crippen LogP contribution in [-0.4, -0.2) is 9.58 Å². The van der Waals surface area contributed by atoms with Crippen molar-refractivity contribution in [1.82, 2.24) is 0 Å². The summed E-state index contributed by atoms with van der Waals surface area (Å²) >= 11 is 16.6. The molecule has 0 spiro atoms. The zero-order chi connectivity index (χ0) is 17.4. The summed E-state index contributed by atoms with van der Waals surface area (Å²) < 4.78 is -1.74. The topological polar surface area (TPSA) is 17.1 Å². The smallest absolute Gasteiger partial charge is 0.248 e. The quantitative estimate of drug-likeness (QED) is 0.159. The first-order chi connectivity index (χ1) is 11.0. The summed E-state index contributed by atoms with van der Waals surface area (Å²) in [5.74, 6) is -0.292. The summed E-state index contributed by atoms with van der Waals surface area (Å²) in [7, 11) is 0. The van der Waals surface area contributed by atoms with Crippen LogP contribution in [0.3, 0.4) is 0 Å². The zero-order valence-corrected chi connectivity index (χ0v) is 16.9. The Bertz CT molecular complexity index is 308. The molecule has 0 fully saturated rings. The van der Waals surface area contributed by atoms with Crippen LogP contribution in [0.25, 0.3) is 0 Å². The highest BCUT2D eigenvalue weighted by molar-refractivity contribution is 6.76. The molecule has 0 saturated heterocycles. The molecule has 0 aromatic rings. The highest BCUT2D eigenvalue weighted by Crippen LogP contribution is 2.29. The minimum Gasteiger partial charge on any atom is -0.295 e. The maximum absolute atomic E-state index is 11.4. The molecule has 0 bridgehead atoms. The van der Waals surface area contributed by atoms with Gasteiger partial charge in [0.2, 0.25) is 3.79 Å². The van der Waals surface area contributed by atoms with E-state index in [2.05, 4.69) is 19.1 Å². The molecule has 0 heterocycles. The number of hydrogen-bond acceptors (Lipinski definition) is 1. The van der Waals surface area contributed by atoms with Crippen molar-refractivity contribution in [2.45, 2.75) is 101 Å². The van der Waals surface area contributed by atoms with Gasteiger partial charge in [0.15, 0.2) is 5.78 Å². The number of allylic oxidation sites excluding steroid dienone is 2. The Balaban J connectivity index is 3.24. The lowest BCUT2D eigenvalue weighted by molar-refractivity contribution is -0.118. The number of rotatable bonds is 15. The summed E-state index contributed by atoms with van der Waals surface area (Å²) in [4.78, 5) is 11.4. The van der Waals surface area contributed by atoms with Crippen LogP contribution in [-0.2, 0) is 4.79 Å². The van der Waals surface area contributed by atoms with Crippen molar-refractivity contribution in [3.63, 3.8) is 0 Å². The van der Waals surface area contributed by atoms with Gasteiger partial charge in [-0.05, 0) is 32.1 Å². The van der Waals surface area contributed by atoms with Crippen LogP contribution < -0.4 is 0 Å². The number of carbonyl (C=O) groups excluding carboxylic acids is 1. The molecule has 0 aliphatic heterocycles. The van der Waals surface area contributed by atoms with E-state index in [1.54, 1.807) is 0 Å². The molecular formula is C19H33Cl3O.